The van der Waals surface area contributed by atoms with Crippen LogP contribution in [0.4, 0.5) is 9.18 Å². The molecule has 96 valence electrons. The van der Waals surface area contributed by atoms with Crippen molar-refractivity contribution in [1.82, 2.24) is 9.88 Å². The highest BCUT2D eigenvalue weighted by molar-refractivity contribution is 6.29. The van der Waals surface area contributed by atoms with Crippen LogP contribution in [0.25, 0.3) is 6.08 Å². The molecule has 0 saturated carbocycles. The zero-order valence-corrected chi connectivity index (χ0v) is 10.3. The Labute approximate surface area is 109 Å². The van der Waals surface area contributed by atoms with Crippen molar-refractivity contribution in [2.24, 2.45) is 0 Å². The minimum Gasteiger partial charge on any atom is -0.465 e. The first-order chi connectivity index (χ1) is 8.51. The van der Waals surface area contributed by atoms with Crippen molar-refractivity contribution in [3.8, 4) is 0 Å². The third kappa shape index (κ3) is 3.07. The summed E-state index contributed by atoms with van der Waals surface area (Å²) in [5.41, 5.74) is 0.557. The summed E-state index contributed by atoms with van der Waals surface area (Å²) in [7, 11) is 0. The zero-order valence-electron chi connectivity index (χ0n) is 9.57. The molecule has 0 aliphatic rings. The van der Waals surface area contributed by atoms with E-state index in [-0.39, 0.29) is 23.8 Å². The van der Waals surface area contributed by atoms with Gasteiger partial charge in [-0.05, 0) is 0 Å². The number of pyridine rings is 1. The molecule has 1 N–H and O–H groups in total. The van der Waals surface area contributed by atoms with Gasteiger partial charge in [0, 0.05) is 23.9 Å². The molecule has 1 rings (SSSR count). The van der Waals surface area contributed by atoms with Gasteiger partial charge in [-0.1, -0.05) is 30.3 Å². The number of rotatable bonds is 5. The SMILES string of the molecule is C=CCN(Cc1c(C=C)cnc(Cl)c1F)C(=O)O. The van der Waals surface area contributed by atoms with Gasteiger partial charge in [0.1, 0.15) is 0 Å². The average molecular weight is 271 g/mol. The Hall–Kier alpha value is -1.88. The Kier molecular flexibility index (Phi) is 4.85. The second-order valence-electron chi connectivity index (χ2n) is 3.45. The lowest BCUT2D eigenvalue weighted by atomic mass is 10.1. The van der Waals surface area contributed by atoms with Crippen LogP contribution in [0, 0.1) is 5.82 Å². The van der Waals surface area contributed by atoms with Crippen LogP contribution in [0.2, 0.25) is 5.15 Å². The van der Waals surface area contributed by atoms with Crippen LogP contribution >= 0.6 is 11.6 Å². The lowest BCUT2D eigenvalue weighted by Gasteiger charge is -2.19. The molecule has 0 radical (unpaired) electrons. The summed E-state index contributed by atoms with van der Waals surface area (Å²) in [5, 5.41) is 8.68. The number of carboxylic acid groups (broad SMARTS) is 1. The number of hydrogen-bond acceptors (Lipinski definition) is 2. The molecule has 1 heterocycles. The van der Waals surface area contributed by atoms with Gasteiger partial charge in [0.15, 0.2) is 11.0 Å². The molecule has 6 heteroatoms. The summed E-state index contributed by atoms with van der Waals surface area (Å²) in [6.07, 6.45) is 3.00. The van der Waals surface area contributed by atoms with Crippen molar-refractivity contribution in [3.63, 3.8) is 0 Å². The minimum atomic E-state index is -1.17. The molecule has 0 saturated heterocycles. The molecule has 0 aliphatic heterocycles. The van der Waals surface area contributed by atoms with E-state index in [0.29, 0.717) is 5.56 Å². The Morgan fingerprint density at radius 1 is 1.61 bits per heavy atom. The molecule has 0 aliphatic carbocycles. The third-order valence-electron chi connectivity index (χ3n) is 2.30. The van der Waals surface area contributed by atoms with Gasteiger partial charge in [0.25, 0.3) is 0 Å². The van der Waals surface area contributed by atoms with E-state index in [1.807, 2.05) is 0 Å². The largest absolute Gasteiger partial charge is 0.465 e. The number of carbonyl (C=O) groups is 1. The highest BCUT2D eigenvalue weighted by Crippen LogP contribution is 2.22. The van der Waals surface area contributed by atoms with Gasteiger partial charge in [0.05, 0.1) is 6.54 Å². The molecule has 4 nitrogen and oxygen atoms in total. The van der Waals surface area contributed by atoms with E-state index in [1.54, 1.807) is 0 Å². The monoisotopic (exact) mass is 270 g/mol. The van der Waals surface area contributed by atoms with E-state index < -0.39 is 11.9 Å². The molecule has 0 atom stereocenters. The first kappa shape index (κ1) is 14.2. The number of nitrogens with zero attached hydrogens (tertiary/aromatic N) is 2. The molecule has 1 aromatic heterocycles. The first-order valence-corrected chi connectivity index (χ1v) is 5.43. The van der Waals surface area contributed by atoms with Crippen molar-refractivity contribution >= 4 is 23.8 Å². The maximum atomic E-state index is 13.8. The van der Waals surface area contributed by atoms with E-state index >= 15 is 0 Å². The van der Waals surface area contributed by atoms with Gasteiger partial charge < -0.3 is 10.0 Å². The van der Waals surface area contributed by atoms with E-state index in [9.17, 15) is 9.18 Å². The van der Waals surface area contributed by atoms with Crippen molar-refractivity contribution < 1.29 is 14.3 Å². The Morgan fingerprint density at radius 3 is 2.78 bits per heavy atom. The van der Waals surface area contributed by atoms with Crippen molar-refractivity contribution in [1.29, 1.82) is 0 Å². The molecular weight excluding hydrogens is 259 g/mol. The molecule has 0 aromatic carbocycles. The molecule has 1 amide bonds. The number of amides is 1. The predicted octanol–water partition coefficient (Wildman–Crippen LogP) is 3.18. The van der Waals surface area contributed by atoms with E-state index in [4.69, 9.17) is 16.7 Å². The normalized spacial score (nSPS) is 9.89. The molecule has 0 unspecified atom stereocenters. The van der Waals surface area contributed by atoms with Crippen LogP contribution < -0.4 is 0 Å². The highest BCUT2D eigenvalue weighted by Gasteiger charge is 2.18. The molecule has 0 bridgehead atoms. The second kappa shape index (κ2) is 6.16. The van der Waals surface area contributed by atoms with Crippen molar-refractivity contribution in [3.05, 3.63) is 47.5 Å². The van der Waals surface area contributed by atoms with Crippen LogP contribution in [-0.2, 0) is 6.54 Å². The van der Waals surface area contributed by atoms with Gasteiger partial charge >= 0.3 is 6.09 Å². The molecule has 18 heavy (non-hydrogen) atoms. The number of aromatic nitrogens is 1. The average Bonchev–Trinajstić information content (AvgIpc) is 2.34. The predicted molar refractivity (Wildman–Crippen MR) is 67.9 cm³/mol. The maximum Gasteiger partial charge on any atom is 0.407 e. The van der Waals surface area contributed by atoms with Crippen LogP contribution in [0.1, 0.15) is 11.1 Å². The fraction of sp³-hybridized carbons (Fsp3) is 0.167. The second-order valence-corrected chi connectivity index (χ2v) is 3.81. The summed E-state index contributed by atoms with van der Waals surface area (Å²) in [4.78, 5) is 15.6. The van der Waals surface area contributed by atoms with E-state index in [2.05, 4.69) is 18.1 Å². The standard InChI is InChI=1S/C12H12ClFN2O2/c1-3-5-16(12(17)18)7-9-8(4-2)6-15-11(13)10(9)14/h3-4,6H,1-2,5,7H2,(H,17,18). The van der Waals surface area contributed by atoms with Gasteiger partial charge in [-0.2, -0.15) is 0 Å². The summed E-state index contributed by atoms with van der Waals surface area (Å²) in [6, 6.07) is 0. The van der Waals surface area contributed by atoms with Gasteiger partial charge in [-0.3, -0.25) is 0 Å². The highest BCUT2D eigenvalue weighted by atomic mass is 35.5. The topological polar surface area (TPSA) is 53.4 Å². The summed E-state index contributed by atoms with van der Waals surface area (Å²) in [6.45, 7) is 6.92. The summed E-state index contributed by atoms with van der Waals surface area (Å²) in [5.74, 6) is -0.732. The number of halogens is 2. The minimum absolute atomic E-state index is 0.0886. The van der Waals surface area contributed by atoms with Gasteiger partial charge in [0.2, 0.25) is 0 Å². The Morgan fingerprint density at radius 2 is 2.28 bits per heavy atom. The lowest BCUT2D eigenvalue weighted by Crippen LogP contribution is -2.29. The Balaban J connectivity index is 3.15. The fourth-order valence-electron chi connectivity index (χ4n) is 1.41. The molecule has 1 aromatic rings. The van der Waals surface area contributed by atoms with Crippen LogP contribution in [0.15, 0.2) is 25.4 Å². The molecule has 0 spiro atoms. The Bertz CT molecular complexity index is 491. The van der Waals surface area contributed by atoms with E-state index in [1.165, 1.54) is 18.3 Å². The van der Waals surface area contributed by atoms with Crippen molar-refractivity contribution in [2.45, 2.75) is 6.54 Å². The zero-order chi connectivity index (χ0) is 13.7. The maximum absolute atomic E-state index is 13.8. The smallest absolute Gasteiger partial charge is 0.407 e. The lowest BCUT2D eigenvalue weighted by molar-refractivity contribution is 0.147. The molecular formula is C12H12ClFN2O2. The van der Waals surface area contributed by atoms with Crippen LogP contribution in [0.5, 0.6) is 0 Å². The van der Waals surface area contributed by atoms with Gasteiger partial charge in [-0.25, -0.2) is 14.2 Å². The van der Waals surface area contributed by atoms with Crippen molar-refractivity contribution in [2.75, 3.05) is 6.54 Å². The first-order valence-electron chi connectivity index (χ1n) is 5.05. The van der Waals surface area contributed by atoms with Crippen LogP contribution in [-0.4, -0.2) is 27.6 Å². The number of hydrogen-bond donors (Lipinski definition) is 1. The molecule has 0 fully saturated rings. The quantitative estimate of drug-likeness (QED) is 0.660. The van der Waals surface area contributed by atoms with Crippen LogP contribution in [0.3, 0.4) is 0 Å². The van der Waals surface area contributed by atoms with E-state index in [0.717, 1.165) is 4.90 Å². The third-order valence-corrected chi connectivity index (χ3v) is 2.56. The summed E-state index contributed by atoms with van der Waals surface area (Å²) >= 11 is 5.58. The fourth-order valence-corrected chi connectivity index (χ4v) is 1.57. The summed E-state index contributed by atoms with van der Waals surface area (Å²) < 4.78 is 13.8. The van der Waals surface area contributed by atoms with Gasteiger partial charge in [-0.15, -0.1) is 6.58 Å².